The minimum atomic E-state index is -4.30. The molecule has 0 saturated carbocycles. The number of benzene rings is 4. The lowest BCUT2D eigenvalue weighted by molar-refractivity contribution is -0.140. The van der Waals surface area contributed by atoms with E-state index in [-0.39, 0.29) is 35.4 Å². The molecule has 248 valence electrons. The fourth-order valence-electron chi connectivity index (χ4n) is 5.09. The normalized spacial score (nSPS) is 11.9. The molecule has 0 aliphatic rings. The van der Waals surface area contributed by atoms with Crippen molar-refractivity contribution in [2.24, 2.45) is 5.92 Å². The summed E-state index contributed by atoms with van der Waals surface area (Å²) in [7, 11) is -1.41. The number of ether oxygens (including phenoxy) is 2. The molecule has 0 fully saturated rings. The molecule has 9 nitrogen and oxygen atoms in total. The number of methoxy groups -OCH3 is 2. The van der Waals surface area contributed by atoms with Crippen LogP contribution in [0.25, 0.3) is 0 Å². The van der Waals surface area contributed by atoms with E-state index >= 15 is 0 Å². The Morgan fingerprint density at radius 3 is 2.00 bits per heavy atom. The first kappa shape index (κ1) is 35.0. The van der Waals surface area contributed by atoms with Crippen LogP contribution >= 0.6 is 0 Å². The van der Waals surface area contributed by atoms with Gasteiger partial charge >= 0.3 is 0 Å². The molecule has 0 aliphatic heterocycles. The zero-order valence-corrected chi connectivity index (χ0v) is 28.4. The highest BCUT2D eigenvalue weighted by Crippen LogP contribution is 2.32. The van der Waals surface area contributed by atoms with Crippen LogP contribution in [0.1, 0.15) is 30.5 Å². The SMILES string of the molecule is COc1ccc(S(=O)(=O)N(CC(=O)N(Cc2ccc(C)cc2)[C@@H](Cc2ccccc2)C(=O)NCC(C)C)c2ccccc2)cc1OC. The molecule has 0 unspecified atom stereocenters. The first-order valence-electron chi connectivity index (χ1n) is 15.5. The number of hydrogen-bond donors (Lipinski definition) is 1. The van der Waals surface area contributed by atoms with E-state index in [2.05, 4.69) is 5.32 Å². The summed E-state index contributed by atoms with van der Waals surface area (Å²) >= 11 is 0. The second-order valence-corrected chi connectivity index (χ2v) is 13.6. The Balaban J connectivity index is 1.80. The molecule has 0 spiro atoms. The van der Waals surface area contributed by atoms with Crippen molar-refractivity contribution in [3.8, 4) is 11.5 Å². The largest absolute Gasteiger partial charge is 0.493 e. The first-order valence-corrected chi connectivity index (χ1v) is 16.9. The Kier molecular flexibility index (Phi) is 12.0. The van der Waals surface area contributed by atoms with Gasteiger partial charge in [0.05, 0.1) is 24.8 Å². The monoisotopic (exact) mass is 657 g/mol. The summed E-state index contributed by atoms with van der Waals surface area (Å²) in [5.41, 5.74) is 3.04. The Hall–Kier alpha value is -4.83. The summed E-state index contributed by atoms with van der Waals surface area (Å²) in [6.45, 7) is 5.96. The van der Waals surface area contributed by atoms with Crippen LogP contribution in [0.4, 0.5) is 5.69 Å². The molecule has 0 aliphatic carbocycles. The van der Waals surface area contributed by atoms with E-state index < -0.39 is 28.5 Å². The van der Waals surface area contributed by atoms with Crippen LogP contribution in [0.15, 0.2) is 108 Å². The molecule has 0 saturated heterocycles. The third-order valence-electron chi connectivity index (χ3n) is 7.70. The minimum Gasteiger partial charge on any atom is -0.493 e. The van der Waals surface area contributed by atoms with Gasteiger partial charge in [-0.15, -0.1) is 0 Å². The lowest BCUT2D eigenvalue weighted by atomic mass is 10.0. The molecular formula is C37H43N3O6S. The van der Waals surface area contributed by atoms with Gasteiger partial charge in [0.15, 0.2) is 11.5 Å². The number of para-hydroxylation sites is 1. The van der Waals surface area contributed by atoms with E-state index in [9.17, 15) is 18.0 Å². The van der Waals surface area contributed by atoms with Crippen LogP contribution in [-0.4, -0.2) is 58.5 Å². The number of nitrogens with one attached hydrogen (secondary N) is 1. The number of carbonyl (C=O) groups is 2. The van der Waals surface area contributed by atoms with E-state index in [4.69, 9.17) is 9.47 Å². The molecule has 47 heavy (non-hydrogen) atoms. The van der Waals surface area contributed by atoms with Crippen LogP contribution < -0.4 is 19.1 Å². The minimum absolute atomic E-state index is 0.0765. The molecule has 4 aromatic carbocycles. The van der Waals surface area contributed by atoms with Crippen molar-refractivity contribution in [3.05, 3.63) is 120 Å². The number of nitrogens with zero attached hydrogens (tertiary/aromatic N) is 2. The molecule has 1 N–H and O–H groups in total. The van der Waals surface area contributed by atoms with Crippen molar-refractivity contribution < 1.29 is 27.5 Å². The maximum atomic E-state index is 14.6. The van der Waals surface area contributed by atoms with E-state index in [1.165, 1.54) is 37.3 Å². The van der Waals surface area contributed by atoms with Crippen LogP contribution in [0.3, 0.4) is 0 Å². The lowest BCUT2D eigenvalue weighted by Gasteiger charge is -2.34. The van der Waals surface area contributed by atoms with Gasteiger partial charge in [-0.25, -0.2) is 8.42 Å². The van der Waals surface area contributed by atoms with Gasteiger partial charge in [-0.2, -0.15) is 0 Å². The fourth-order valence-corrected chi connectivity index (χ4v) is 6.52. The Bertz CT molecular complexity index is 1730. The molecule has 2 amide bonds. The molecule has 0 bridgehead atoms. The van der Waals surface area contributed by atoms with E-state index in [1.807, 2.05) is 75.4 Å². The molecule has 0 aromatic heterocycles. The van der Waals surface area contributed by atoms with Gasteiger partial charge in [-0.1, -0.05) is 92.2 Å². The molecule has 10 heteroatoms. The van der Waals surface area contributed by atoms with Gasteiger partial charge in [0, 0.05) is 25.6 Å². The summed E-state index contributed by atoms with van der Waals surface area (Å²) in [5.74, 6) is -0.0400. The highest BCUT2D eigenvalue weighted by Gasteiger charge is 2.35. The van der Waals surface area contributed by atoms with Crippen molar-refractivity contribution in [1.82, 2.24) is 10.2 Å². The summed E-state index contributed by atoms with van der Waals surface area (Å²) in [5, 5.41) is 3.01. The van der Waals surface area contributed by atoms with Crippen LogP contribution in [-0.2, 0) is 32.6 Å². The number of rotatable bonds is 15. The van der Waals surface area contributed by atoms with Gasteiger partial charge in [0.1, 0.15) is 12.6 Å². The maximum Gasteiger partial charge on any atom is 0.264 e. The summed E-state index contributed by atoms with van der Waals surface area (Å²) < 4.78 is 40.4. The van der Waals surface area contributed by atoms with Gasteiger partial charge < -0.3 is 19.7 Å². The van der Waals surface area contributed by atoms with Gasteiger partial charge in [-0.3, -0.25) is 13.9 Å². The third-order valence-corrected chi connectivity index (χ3v) is 9.47. The van der Waals surface area contributed by atoms with Crippen molar-refractivity contribution in [3.63, 3.8) is 0 Å². The average molecular weight is 658 g/mol. The van der Waals surface area contributed by atoms with E-state index in [0.29, 0.717) is 18.0 Å². The van der Waals surface area contributed by atoms with Crippen molar-refractivity contribution in [1.29, 1.82) is 0 Å². The Morgan fingerprint density at radius 1 is 0.787 bits per heavy atom. The smallest absolute Gasteiger partial charge is 0.264 e. The lowest BCUT2D eigenvalue weighted by Crippen LogP contribution is -2.53. The second kappa shape index (κ2) is 16.1. The topological polar surface area (TPSA) is 105 Å². The standard InChI is InChI=1S/C37H43N3O6S/c1-27(2)24-38-37(42)33(22-29-12-8-6-9-13-29)39(25-30-18-16-28(3)17-19-30)36(41)26-40(31-14-10-7-11-15-31)47(43,44)32-20-21-34(45-4)35(23-32)46-5/h6-21,23,27,33H,22,24-26H2,1-5H3,(H,38,42)/t33-/m0/s1. The highest BCUT2D eigenvalue weighted by atomic mass is 32.2. The maximum absolute atomic E-state index is 14.6. The molecule has 0 radical (unpaired) electrons. The zero-order chi connectivity index (χ0) is 34.0. The van der Waals surface area contributed by atoms with Gasteiger partial charge in [0.25, 0.3) is 10.0 Å². The number of sulfonamides is 1. The number of aryl methyl sites for hydroxylation is 1. The Labute approximate surface area is 278 Å². The Morgan fingerprint density at radius 2 is 1.40 bits per heavy atom. The van der Waals surface area contributed by atoms with Crippen molar-refractivity contribution in [2.45, 2.75) is 44.7 Å². The van der Waals surface area contributed by atoms with Crippen LogP contribution in [0.5, 0.6) is 11.5 Å². The molecular weight excluding hydrogens is 614 g/mol. The summed E-state index contributed by atoms with van der Waals surface area (Å²) in [6.07, 6.45) is 0.246. The number of amides is 2. The highest BCUT2D eigenvalue weighted by molar-refractivity contribution is 7.92. The number of anilines is 1. The summed E-state index contributed by atoms with van der Waals surface area (Å²) in [4.78, 5) is 29.9. The molecule has 4 rings (SSSR count). The fraction of sp³-hybridized carbons (Fsp3) is 0.297. The molecule has 0 heterocycles. The zero-order valence-electron chi connectivity index (χ0n) is 27.6. The molecule has 4 aromatic rings. The number of carbonyl (C=O) groups excluding carboxylic acids is 2. The second-order valence-electron chi connectivity index (χ2n) is 11.7. The average Bonchev–Trinajstić information content (AvgIpc) is 3.08. The van der Waals surface area contributed by atoms with Gasteiger partial charge in [-0.05, 0) is 48.2 Å². The predicted octanol–water partition coefficient (Wildman–Crippen LogP) is 5.62. The third kappa shape index (κ3) is 9.13. The van der Waals surface area contributed by atoms with Gasteiger partial charge in [0.2, 0.25) is 11.8 Å². The quantitative estimate of drug-likeness (QED) is 0.178. The van der Waals surface area contributed by atoms with E-state index in [1.54, 1.807) is 30.3 Å². The molecule has 1 atom stereocenters. The number of hydrogen-bond acceptors (Lipinski definition) is 6. The van der Waals surface area contributed by atoms with Crippen molar-refractivity contribution >= 4 is 27.5 Å². The predicted molar refractivity (Wildman–Crippen MR) is 184 cm³/mol. The van der Waals surface area contributed by atoms with E-state index in [0.717, 1.165) is 21.0 Å². The van der Waals surface area contributed by atoms with Crippen molar-refractivity contribution in [2.75, 3.05) is 31.6 Å². The first-order chi connectivity index (χ1) is 22.5. The summed E-state index contributed by atoms with van der Waals surface area (Å²) in [6, 6.07) is 29.0. The van der Waals surface area contributed by atoms with Crippen LogP contribution in [0.2, 0.25) is 0 Å². The van der Waals surface area contributed by atoms with Crippen LogP contribution in [0, 0.1) is 12.8 Å².